The summed E-state index contributed by atoms with van der Waals surface area (Å²) in [5.74, 6) is -1.55. The normalized spacial score (nSPS) is 13.4. The Morgan fingerprint density at radius 2 is 1.76 bits per heavy atom. The lowest BCUT2D eigenvalue weighted by Gasteiger charge is -2.19. The van der Waals surface area contributed by atoms with Gasteiger partial charge in [-0.05, 0) is 12.8 Å². The molecule has 8 heteroatoms. The van der Waals surface area contributed by atoms with Crippen molar-refractivity contribution < 1.29 is 29.0 Å². The number of alkyl carbamates (subject to hydrolysis) is 1. The predicted octanol–water partition coefficient (Wildman–Crippen LogP) is 2.00. The predicted molar refractivity (Wildman–Crippen MR) is 79.1 cm³/mol. The van der Waals surface area contributed by atoms with Crippen molar-refractivity contribution in [3.63, 3.8) is 0 Å². The van der Waals surface area contributed by atoms with Crippen LogP contribution in [0.15, 0.2) is 0 Å². The standard InChI is InChI=1S/C13H23NO6S/c1-5-10(6-2)21-11(12(16)17)7-14-13(18)20-9(4)19-8(3)15/h9-11H,5-7H2,1-4H3,(H,14,18)(H,16,17)/t9-,11+/m1/s1. The van der Waals surface area contributed by atoms with Crippen molar-refractivity contribution in [2.45, 2.75) is 57.3 Å². The Labute approximate surface area is 128 Å². The maximum Gasteiger partial charge on any atom is 0.410 e. The van der Waals surface area contributed by atoms with Gasteiger partial charge in [0.2, 0.25) is 6.29 Å². The molecule has 1 amide bonds. The van der Waals surface area contributed by atoms with Crippen molar-refractivity contribution in [3.8, 4) is 0 Å². The van der Waals surface area contributed by atoms with Gasteiger partial charge in [0.15, 0.2) is 0 Å². The van der Waals surface area contributed by atoms with Gasteiger partial charge < -0.3 is 19.9 Å². The highest BCUT2D eigenvalue weighted by atomic mass is 32.2. The zero-order valence-corrected chi connectivity index (χ0v) is 13.6. The highest BCUT2D eigenvalue weighted by molar-refractivity contribution is 8.01. The van der Waals surface area contributed by atoms with E-state index >= 15 is 0 Å². The van der Waals surface area contributed by atoms with E-state index < -0.39 is 29.6 Å². The second-order valence-corrected chi connectivity index (χ2v) is 5.87. The fourth-order valence-electron chi connectivity index (χ4n) is 1.53. The van der Waals surface area contributed by atoms with Gasteiger partial charge in [-0.1, -0.05) is 13.8 Å². The molecule has 2 N–H and O–H groups in total. The van der Waals surface area contributed by atoms with Crippen LogP contribution in [-0.4, -0.2) is 46.5 Å². The molecule has 0 saturated carbocycles. The van der Waals surface area contributed by atoms with Crippen LogP contribution in [0.3, 0.4) is 0 Å². The minimum absolute atomic E-state index is 0.0534. The summed E-state index contributed by atoms with van der Waals surface area (Å²) in [5, 5.41) is 11.0. The number of nitrogens with one attached hydrogen (secondary N) is 1. The van der Waals surface area contributed by atoms with Crippen LogP contribution >= 0.6 is 11.8 Å². The third-order valence-corrected chi connectivity index (χ3v) is 4.33. The van der Waals surface area contributed by atoms with Crippen LogP contribution in [0.5, 0.6) is 0 Å². The number of carbonyl (C=O) groups excluding carboxylic acids is 2. The molecule has 0 spiro atoms. The van der Waals surface area contributed by atoms with E-state index in [0.29, 0.717) is 0 Å². The molecule has 0 radical (unpaired) electrons. The lowest BCUT2D eigenvalue weighted by atomic mass is 10.3. The van der Waals surface area contributed by atoms with Gasteiger partial charge in [-0.25, -0.2) is 4.79 Å². The molecule has 0 saturated heterocycles. The first-order valence-corrected chi connectivity index (χ1v) is 7.74. The maximum atomic E-state index is 11.5. The summed E-state index contributed by atoms with van der Waals surface area (Å²) in [6, 6.07) is 0. The number of rotatable bonds is 9. The third-order valence-electron chi connectivity index (χ3n) is 2.58. The highest BCUT2D eigenvalue weighted by Crippen LogP contribution is 2.23. The van der Waals surface area contributed by atoms with Crippen LogP contribution in [0.2, 0.25) is 0 Å². The second kappa shape index (κ2) is 10.3. The molecule has 7 nitrogen and oxygen atoms in total. The Morgan fingerprint density at radius 3 is 2.19 bits per heavy atom. The number of carboxylic acids is 1. The molecule has 0 aliphatic rings. The Kier molecular flexibility index (Phi) is 9.60. The van der Waals surface area contributed by atoms with Gasteiger partial charge in [0.1, 0.15) is 5.25 Å². The minimum Gasteiger partial charge on any atom is -0.480 e. The summed E-state index contributed by atoms with van der Waals surface area (Å²) in [7, 11) is 0. The number of aliphatic carboxylic acids is 1. The molecule has 0 aromatic heterocycles. The summed E-state index contributed by atoms with van der Waals surface area (Å²) >= 11 is 1.31. The first-order valence-electron chi connectivity index (χ1n) is 6.80. The highest BCUT2D eigenvalue weighted by Gasteiger charge is 2.23. The molecule has 0 aliphatic carbocycles. The van der Waals surface area contributed by atoms with E-state index in [1.54, 1.807) is 0 Å². The summed E-state index contributed by atoms with van der Waals surface area (Å²) in [6.45, 7) is 6.52. The van der Waals surface area contributed by atoms with Gasteiger partial charge in [0.25, 0.3) is 0 Å². The van der Waals surface area contributed by atoms with E-state index in [0.717, 1.165) is 12.8 Å². The van der Waals surface area contributed by atoms with Gasteiger partial charge in [-0.3, -0.25) is 9.59 Å². The number of hydrogen-bond donors (Lipinski definition) is 2. The van der Waals surface area contributed by atoms with Crippen molar-refractivity contribution in [2.75, 3.05) is 6.54 Å². The number of ether oxygens (including phenoxy) is 2. The molecule has 2 atom stereocenters. The fourth-order valence-corrected chi connectivity index (χ4v) is 2.68. The average Bonchev–Trinajstić information content (AvgIpc) is 2.37. The monoisotopic (exact) mass is 321 g/mol. The van der Waals surface area contributed by atoms with E-state index in [1.165, 1.54) is 25.6 Å². The number of carboxylic acid groups (broad SMARTS) is 1. The quantitative estimate of drug-likeness (QED) is 0.494. The van der Waals surface area contributed by atoms with E-state index in [4.69, 9.17) is 9.84 Å². The van der Waals surface area contributed by atoms with Crippen molar-refractivity contribution >= 4 is 29.8 Å². The number of amides is 1. The van der Waals surface area contributed by atoms with Crippen LogP contribution in [0.4, 0.5) is 4.79 Å². The Bertz CT molecular complexity index is 359. The van der Waals surface area contributed by atoms with Crippen molar-refractivity contribution in [2.24, 2.45) is 0 Å². The van der Waals surface area contributed by atoms with Gasteiger partial charge >= 0.3 is 18.0 Å². The first kappa shape index (κ1) is 19.6. The summed E-state index contributed by atoms with van der Waals surface area (Å²) in [6.07, 6.45) is -0.116. The molecule has 21 heavy (non-hydrogen) atoms. The number of thioether (sulfide) groups is 1. The fraction of sp³-hybridized carbons (Fsp3) is 0.769. The lowest BCUT2D eigenvalue weighted by Crippen LogP contribution is -2.37. The van der Waals surface area contributed by atoms with E-state index in [2.05, 4.69) is 10.1 Å². The van der Waals surface area contributed by atoms with Crippen molar-refractivity contribution in [1.82, 2.24) is 5.32 Å². The van der Waals surface area contributed by atoms with Gasteiger partial charge in [-0.2, -0.15) is 0 Å². The van der Waals surface area contributed by atoms with Gasteiger partial charge in [0.05, 0.1) is 0 Å². The molecule has 0 fully saturated rings. The smallest absolute Gasteiger partial charge is 0.410 e. The van der Waals surface area contributed by atoms with Crippen LogP contribution in [-0.2, 0) is 19.1 Å². The maximum absolute atomic E-state index is 11.5. The van der Waals surface area contributed by atoms with Crippen LogP contribution in [0.1, 0.15) is 40.5 Å². The number of esters is 1. The minimum atomic E-state index is -1.02. The number of hydrogen-bond acceptors (Lipinski definition) is 6. The molecule has 0 unspecified atom stereocenters. The molecular formula is C13H23NO6S. The van der Waals surface area contributed by atoms with Crippen LogP contribution in [0, 0.1) is 0 Å². The summed E-state index contributed by atoms with van der Waals surface area (Å²) < 4.78 is 9.38. The molecular weight excluding hydrogens is 298 g/mol. The third kappa shape index (κ3) is 9.17. The topological polar surface area (TPSA) is 102 Å². The Morgan fingerprint density at radius 1 is 1.19 bits per heavy atom. The van der Waals surface area contributed by atoms with Crippen molar-refractivity contribution in [1.29, 1.82) is 0 Å². The second-order valence-electron chi connectivity index (χ2n) is 4.36. The molecule has 0 heterocycles. The first-order chi connectivity index (χ1) is 9.79. The zero-order valence-electron chi connectivity index (χ0n) is 12.8. The van der Waals surface area contributed by atoms with Gasteiger partial charge in [-0.15, -0.1) is 11.8 Å². The van der Waals surface area contributed by atoms with E-state index in [9.17, 15) is 14.4 Å². The molecule has 0 aliphatic heterocycles. The van der Waals surface area contributed by atoms with E-state index in [1.807, 2.05) is 13.8 Å². The molecule has 0 aromatic rings. The molecule has 0 rings (SSSR count). The summed E-state index contributed by atoms with van der Waals surface area (Å²) in [4.78, 5) is 33.3. The Hall–Kier alpha value is -1.44. The average molecular weight is 321 g/mol. The molecule has 0 aromatic carbocycles. The number of carbonyl (C=O) groups is 3. The molecule has 0 bridgehead atoms. The van der Waals surface area contributed by atoms with Crippen LogP contribution in [0.25, 0.3) is 0 Å². The summed E-state index contributed by atoms with van der Waals surface area (Å²) in [5.41, 5.74) is 0. The zero-order chi connectivity index (χ0) is 16.4. The molecule has 122 valence electrons. The lowest BCUT2D eigenvalue weighted by molar-refractivity contribution is -0.162. The largest absolute Gasteiger partial charge is 0.480 e. The Balaban J connectivity index is 4.26. The van der Waals surface area contributed by atoms with E-state index in [-0.39, 0.29) is 11.8 Å². The van der Waals surface area contributed by atoms with Crippen molar-refractivity contribution in [3.05, 3.63) is 0 Å². The van der Waals surface area contributed by atoms with Crippen LogP contribution < -0.4 is 5.32 Å². The SMILES string of the molecule is CCC(CC)S[C@@H](CNC(=O)O[C@H](C)OC(C)=O)C(=O)O. The van der Waals surface area contributed by atoms with Gasteiger partial charge in [0, 0.05) is 25.6 Å².